The van der Waals surface area contributed by atoms with Crippen LogP contribution in [0.3, 0.4) is 0 Å². The minimum atomic E-state index is -1.74. The fourth-order valence-corrected chi connectivity index (χ4v) is 11.3. The van der Waals surface area contributed by atoms with Crippen molar-refractivity contribution in [3.05, 3.63) is 81.9 Å². The molecule has 0 saturated carbocycles. The van der Waals surface area contributed by atoms with Crippen molar-refractivity contribution in [2.75, 3.05) is 60.4 Å². The largest absolute Gasteiger partial charge is 0.495 e. The molecule has 7 amide bonds. The van der Waals surface area contributed by atoms with Crippen molar-refractivity contribution in [3.8, 4) is 5.75 Å². The summed E-state index contributed by atoms with van der Waals surface area (Å²) in [5.74, 6) is -5.31. The van der Waals surface area contributed by atoms with Gasteiger partial charge in [0.2, 0.25) is 23.6 Å². The van der Waals surface area contributed by atoms with Crippen LogP contribution in [0.25, 0.3) is 0 Å². The quantitative estimate of drug-likeness (QED) is 0.0328. The van der Waals surface area contributed by atoms with E-state index in [9.17, 15) is 58.2 Å². The van der Waals surface area contributed by atoms with Gasteiger partial charge >= 0.3 is 24.1 Å². The molecule has 24 nitrogen and oxygen atoms in total. The maximum atomic E-state index is 14.5. The second-order valence-electron chi connectivity index (χ2n) is 24.9. The van der Waals surface area contributed by atoms with Gasteiger partial charge in [0.1, 0.15) is 53.1 Å². The van der Waals surface area contributed by atoms with Gasteiger partial charge in [0.25, 0.3) is 0 Å². The third kappa shape index (κ3) is 22.4. The molecule has 25 heteroatoms. The number of halogens is 1. The Morgan fingerprint density at radius 2 is 1.62 bits per heavy atom. The highest BCUT2D eigenvalue weighted by atomic mass is 35.5. The molecular weight excluding hydrogens is 1200 g/mol. The van der Waals surface area contributed by atoms with Crippen LogP contribution in [0.2, 0.25) is 5.02 Å². The first-order valence-corrected chi connectivity index (χ1v) is 31.2. The molecule has 0 unspecified atom stereocenters. The smallest absolute Gasteiger partial charge is 0.409 e. The molecule has 0 aliphatic carbocycles. The van der Waals surface area contributed by atoms with Crippen molar-refractivity contribution in [2.24, 2.45) is 28.9 Å². The summed E-state index contributed by atoms with van der Waals surface area (Å²) < 4.78 is 28.8. The number of carbonyl (C=O) groups is 10. The zero-order chi connectivity index (χ0) is 68.1. The van der Waals surface area contributed by atoms with Crippen LogP contribution >= 0.6 is 11.6 Å². The number of hydrogen-bond donors (Lipinski definition) is 6. The van der Waals surface area contributed by atoms with E-state index in [1.54, 1.807) is 76.4 Å². The van der Waals surface area contributed by atoms with E-state index in [-0.39, 0.29) is 93.1 Å². The van der Waals surface area contributed by atoms with Crippen molar-refractivity contribution < 1.29 is 81.8 Å². The Morgan fingerprint density at radius 1 is 0.956 bits per heavy atom. The van der Waals surface area contributed by atoms with Crippen LogP contribution in [0.15, 0.2) is 60.2 Å². The number of likely N-dealkylation sites (N-methyl/N-ethyl adjacent to an activating group) is 1. The number of aliphatic hydroxyl groups is 2. The van der Waals surface area contributed by atoms with Gasteiger partial charge in [0.05, 0.1) is 37.8 Å². The van der Waals surface area contributed by atoms with Gasteiger partial charge in [0.15, 0.2) is 5.78 Å². The molecule has 1 saturated heterocycles. The molecule has 4 rings (SSSR count). The molecular formula is C66H96ClN7O17. The number of rotatable bonds is 27. The monoisotopic (exact) mass is 1290 g/mol. The van der Waals surface area contributed by atoms with E-state index in [1.165, 1.54) is 52.1 Å². The number of primary amides is 1. The Labute approximate surface area is 539 Å². The van der Waals surface area contributed by atoms with E-state index in [0.717, 1.165) is 16.0 Å². The van der Waals surface area contributed by atoms with Gasteiger partial charge in [0, 0.05) is 104 Å². The Hall–Kier alpha value is -7.41. The van der Waals surface area contributed by atoms with Crippen molar-refractivity contribution in [1.82, 2.24) is 25.8 Å². The number of fused-ring (bicyclic) bond motifs is 4. The highest BCUT2D eigenvalue weighted by molar-refractivity contribution is 6.35. The summed E-state index contributed by atoms with van der Waals surface area (Å²) >= 11 is 6.84. The lowest BCUT2D eigenvalue weighted by Gasteiger charge is -2.46. The second kappa shape index (κ2) is 35.4. The van der Waals surface area contributed by atoms with Crippen LogP contribution in [0.5, 0.6) is 5.75 Å². The van der Waals surface area contributed by atoms with Gasteiger partial charge in [-0.1, -0.05) is 94.3 Å². The number of nitrogens with two attached hydrogens (primary N) is 1. The predicted molar refractivity (Wildman–Crippen MR) is 340 cm³/mol. The summed E-state index contributed by atoms with van der Waals surface area (Å²) in [6.07, 6.45) is 0.650. The maximum absolute atomic E-state index is 14.5. The third-order valence-electron chi connectivity index (χ3n) is 17.3. The van der Waals surface area contributed by atoms with E-state index in [0.29, 0.717) is 54.7 Å². The Morgan fingerprint density at radius 3 is 2.24 bits per heavy atom. The summed E-state index contributed by atoms with van der Waals surface area (Å²) in [5, 5.41) is 32.3. The summed E-state index contributed by atoms with van der Waals surface area (Å²) in [6, 6.07) is 7.26. The average molecular weight is 1290 g/mol. The number of hydrogen-bond acceptors (Lipinski definition) is 17. The van der Waals surface area contributed by atoms with E-state index >= 15 is 0 Å². The zero-order valence-electron chi connectivity index (χ0n) is 55.0. The number of esters is 2. The SMILES string of the molecule is CNC(=O)CCCCC(=O)C[C@H](C(=O)N[C@@H](CCCNC(N)=O)C(=O)Cc1ccc(COC(=O)N(C)CCC(=O)N(C)[C@@H](C)C(=O)O[C@H]2CC(=O)N(C)c3cc(cc(OC)c3Cl)C/C(C)=C/C=C/[C@@H](OC)[C@]3(O)CC(=O)O[C@@H](C3)[C@@H](C)[C@H](O)C2(C)C)cc1)C(C)C. The number of methoxy groups -OCH3 is 2. The molecule has 2 aromatic rings. The number of Topliss-reactive ketones (excluding diaryl/α,β-unsaturated/α-hetero) is 2. The number of unbranched alkanes of at least 4 members (excludes halogenated alkanes) is 1. The number of anilines is 1. The van der Waals surface area contributed by atoms with Crippen LogP contribution in [0.4, 0.5) is 15.3 Å². The zero-order valence-corrected chi connectivity index (χ0v) is 55.8. The number of aliphatic hydroxyl groups excluding tert-OH is 1. The molecule has 4 bridgehead atoms. The van der Waals surface area contributed by atoms with E-state index in [2.05, 4.69) is 16.0 Å². The predicted octanol–water partition coefficient (Wildman–Crippen LogP) is 6.24. The average Bonchev–Trinajstić information content (AvgIpc) is 1.05. The number of urea groups is 1. The number of ketones is 2. The van der Waals surface area contributed by atoms with Gasteiger partial charge in [-0.2, -0.15) is 0 Å². The number of nitrogens with zero attached hydrogens (tertiary/aromatic N) is 3. The third-order valence-corrected chi connectivity index (χ3v) is 17.6. The van der Waals surface area contributed by atoms with Crippen LogP contribution in [0.1, 0.15) is 136 Å². The fourth-order valence-electron chi connectivity index (χ4n) is 11.0. The molecule has 91 heavy (non-hydrogen) atoms. The lowest BCUT2D eigenvalue weighted by Crippen LogP contribution is -2.56. The highest BCUT2D eigenvalue weighted by Crippen LogP contribution is 2.42. The van der Waals surface area contributed by atoms with Crippen LogP contribution in [-0.4, -0.2) is 177 Å². The van der Waals surface area contributed by atoms with Crippen molar-refractivity contribution in [2.45, 2.75) is 181 Å². The van der Waals surface area contributed by atoms with Crippen LogP contribution < -0.4 is 31.3 Å². The van der Waals surface area contributed by atoms with Gasteiger partial charge in [-0.15, -0.1) is 0 Å². The first kappa shape index (κ1) is 76.0. The Balaban J connectivity index is 1.43. The van der Waals surface area contributed by atoms with Gasteiger partial charge in [-0.25, -0.2) is 14.4 Å². The summed E-state index contributed by atoms with van der Waals surface area (Å²) in [5.41, 5.74) is 5.09. The lowest BCUT2D eigenvalue weighted by molar-refractivity contribution is -0.197. The minimum absolute atomic E-state index is 0.0272. The van der Waals surface area contributed by atoms with Crippen molar-refractivity contribution in [1.29, 1.82) is 0 Å². The molecule has 0 radical (unpaired) electrons. The molecule has 2 aliphatic rings. The first-order chi connectivity index (χ1) is 42.8. The second-order valence-corrected chi connectivity index (χ2v) is 25.3. The number of nitrogens with one attached hydrogen (secondary N) is 3. The van der Waals surface area contributed by atoms with E-state index < -0.39 is 108 Å². The van der Waals surface area contributed by atoms with E-state index in [4.69, 9.17) is 41.0 Å². The molecule has 1 fully saturated rings. The molecule has 504 valence electrons. The molecule has 2 heterocycles. The summed E-state index contributed by atoms with van der Waals surface area (Å²) in [7, 11) is 8.72. The molecule has 0 aromatic heterocycles. The number of carbonyl (C=O) groups excluding carboxylic acids is 10. The van der Waals surface area contributed by atoms with E-state index in [1.807, 2.05) is 26.8 Å². The Bertz CT molecular complexity index is 2950. The topological polar surface area (TPSA) is 329 Å². The molecule has 2 aromatic carbocycles. The van der Waals surface area contributed by atoms with Gasteiger partial charge in [-0.05, 0) is 80.7 Å². The number of allylic oxidation sites excluding steroid dienone is 3. The van der Waals surface area contributed by atoms with Gasteiger partial charge in [-0.3, -0.25) is 33.6 Å². The molecule has 0 spiro atoms. The number of ether oxygens (including phenoxy) is 5. The van der Waals surface area contributed by atoms with Crippen molar-refractivity contribution >= 4 is 76.5 Å². The standard InChI is InChI=1S/C66H96ClN7O17/c1-39(2)47(34-46(75)19-14-15-22-55(77)69-8)61(82)71-48(20-17-28-70-63(68)84)50(76)32-43-23-25-44(26-24-43)38-89-64(85)72(9)29-27-56(78)73(10)42(5)62(83)91-54-35-57(79)74(11)49-31-45(33-51(87-12)59(49)67)30-40(3)18-16-21-53(88-13)66(86)36-52(90-58(80)37-66)41(4)60(81)65(54,6)7/h16,18,21,23-26,31,33,39,41-42,47-48,52-54,60,81,86H,14-15,17,19-20,22,27-30,32,34-38H2,1-13H3,(H,69,77)(H,71,82)(H3,68,70,84)/b21-16+,40-18+/t41-,42+,47+,48+,52+,53-,54+,60+,66-/m1/s1. The van der Waals surface area contributed by atoms with Crippen LogP contribution in [0, 0.1) is 23.2 Å². The molecule has 9 atom stereocenters. The summed E-state index contributed by atoms with van der Waals surface area (Å²) in [6.45, 7) is 11.6. The van der Waals surface area contributed by atoms with Gasteiger partial charge < -0.3 is 70.3 Å². The summed E-state index contributed by atoms with van der Waals surface area (Å²) in [4.78, 5) is 136. The minimum Gasteiger partial charge on any atom is -0.495 e. The maximum Gasteiger partial charge on any atom is 0.409 e. The molecule has 2 aliphatic heterocycles. The fraction of sp³-hybridized carbons (Fsp3) is 0.606. The highest BCUT2D eigenvalue weighted by Gasteiger charge is 2.51. The number of amides is 7. The lowest BCUT2D eigenvalue weighted by atomic mass is 9.70. The Kier molecular flexibility index (Phi) is 29.6. The van der Waals surface area contributed by atoms with Crippen LogP contribution in [-0.2, 0) is 76.8 Å². The number of benzene rings is 2. The first-order valence-electron chi connectivity index (χ1n) is 30.9. The molecule has 7 N–H and O–H groups in total. The van der Waals surface area contributed by atoms with Crippen molar-refractivity contribution in [3.63, 3.8) is 0 Å². The normalized spacial score (nSPS) is 22.1.